The van der Waals surface area contributed by atoms with E-state index in [1.165, 1.54) is 23.8 Å². The SMILES string of the molecule is COc1ccc2c(c1)CN(C(=O)Nc1cccc(C(F)F)c1)CC2. The van der Waals surface area contributed by atoms with Gasteiger partial charge in [-0.05, 0) is 41.8 Å². The molecule has 0 saturated heterocycles. The van der Waals surface area contributed by atoms with Gasteiger partial charge in [-0.25, -0.2) is 13.6 Å². The van der Waals surface area contributed by atoms with Gasteiger partial charge in [-0.2, -0.15) is 0 Å². The van der Waals surface area contributed by atoms with Crippen LogP contribution >= 0.6 is 0 Å². The number of nitrogens with one attached hydrogen (secondary N) is 1. The Hall–Kier alpha value is -2.63. The van der Waals surface area contributed by atoms with Crippen molar-refractivity contribution in [2.45, 2.75) is 19.4 Å². The van der Waals surface area contributed by atoms with Crippen molar-refractivity contribution in [1.82, 2.24) is 4.90 Å². The molecule has 0 saturated carbocycles. The number of urea groups is 1. The molecule has 0 radical (unpaired) electrons. The second kappa shape index (κ2) is 6.86. The highest BCUT2D eigenvalue weighted by molar-refractivity contribution is 5.89. The molecule has 0 fully saturated rings. The van der Waals surface area contributed by atoms with E-state index in [0.29, 0.717) is 18.8 Å². The van der Waals surface area contributed by atoms with Gasteiger partial charge in [0.1, 0.15) is 5.75 Å². The second-order valence-electron chi connectivity index (χ2n) is 5.66. The van der Waals surface area contributed by atoms with Crippen LogP contribution in [0.2, 0.25) is 0 Å². The van der Waals surface area contributed by atoms with Crippen molar-refractivity contribution in [1.29, 1.82) is 0 Å². The van der Waals surface area contributed by atoms with Crippen molar-refractivity contribution < 1.29 is 18.3 Å². The first-order valence-electron chi connectivity index (χ1n) is 7.66. The quantitative estimate of drug-likeness (QED) is 0.914. The summed E-state index contributed by atoms with van der Waals surface area (Å²) < 4.78 is 30.7. The minimum Gasteiger partial charge on any atom is -0.497 e. The van der Waals surface area contributed by atoms with E-state index in [1.807, 2.05) is 18.2 Å². The summed E-state index contributed by atoms with van der Waals surface area (Å²) in [5.74, 6) is 0.751. The average Bonchev–Trinajstić information content (AvgIpc) is 2.60. The highest BCUT2D eigenvalue weighted by Crippen LogP contribution is 2.25. The van der Waals surface area contributed by atoms with Gasteiger partial charge in [0.15, 0.2) is 0 Å². The van der Waals surface area contributed by atoms with Crippen LogP contribution in [0.25, 0.3) is 0 Å². The standard InChI is InChI=1S/C18H18F2N2O2/c1-24-16-6-5-12-7-8-22(11-14(12)10-16)18(23)21-15-4-2-3-13(9-15)17(19)20/h2-6,9-10,17H,7-8,11H2,1H3,(H,21,23). The third-order valence-electron chi connectivity index (χ3n) is 4.10. The lowest BCUT2D eigenvalue weighted by Gasteiger charge is -2.29. The van der Waals surface area contributed by atoms with Gasteiger partial charge in [-0.15, -0.1) is 0 Å². The van der Waals surface area contributed by atoms with Crippen LogP contribution in [0, 0.1) is 0 Å². The third kappa shape index (κ3) is 3.48. The number of carbonyl (C=O) groups is 1. The van der Waals surface area contributed by atoms with Crippen LogP contribution in [0.15, 0.2) is 42.5 Å². The Bertz CT molecular complexity index is 750. The molecule has 0 aliphatic carbocycles. The van der Waals surface area contributed by atoms with Gasteiger partial charge in [0.25, 0.3) is 6.43 Å². The summed E-state index contributed by atoms with van der Waals surface area (Å²) in [7, 11) is 1.60. The number of carbonyl (C=O) groups excluding carboxylic acids is 1. The number of rotatable bonds is 3. The molecule has 0 aromatic heterocycles. The number of nitrogens with zero attached hydrogens (tertiary/aromatic N) is 1. The first-order valence-corrected chi connectivity index (χ1v) is 7.66. The number of amides is 2. The smallest absolute Gasteiger partial charge is 0.322 e. The minimum absolute atomic E-state index is 0.110. The summed E-state index contributed by atoms with van der Waals surface area (Å²) in [6.07, 6.45) is -1.81. The van der Waals surface area contributed by atoms with Gasteiger partial charge >= 0.3 is 6.03 Å². The summed E-state index contributed by atoms with van der Waals surface area (Å²) in [5.41, 5.74) is 2.49. The lowest BCUT2D eigenvalue weighted by atomic mass is 10.00. The Balaban J connectivity index is 1.71. The Kier molecular flexibility index (Phi) is 4.64. The molecule has 126 valence electrons. The average molecular weight is 332 g/mol. The number of hydrogen-bond acceptors (Lipinski definition) is 2. The Morgan fingerprint density at radius 1 is 1.21 bits per heavy atom. The number of fused-ring (bicyclic) bond motifs is 1. The minimum atomic E-state index is -2.56. The number of benzene rings is 2. The van der Waals surface area contributed by atoms with Gasteiger partial charge in [-0.1, -0.05) is 18.2 Å². The van der Waals surface area contributed by atoms with Gasteiger partial charge in [0, 0.05) is 24.3 Å². The first kappa shape index (κ1) is 16.2. The zero-order valence-corrected chi connectivity index (χ0v) is 13.3. The van der Waals surface area contributed by atoms with Crippen molar-refractivity contribution in [2.24, 2.45) is 0 Å². The summed E-state index contributed by atoms with van der Waals surface area (Å²) in [6.45, 7) is 1.05. The Labute approximate surface area is 139 Å². The lowest BCUT2D eigenvalue weighted by molar-refractivity contribution is 0.151. The molecular weight excluding hydrogens is 314 g/mol. The van der Waals surface area contributed by atoms with Crippen LogP contribution in [0.1, 0.15) is 23.1 Å². The molecule has 1 aliphatic rings. The number of alkyl halides is 2. The Morgan fingerprint density at radius 2 is 2.04 bits per heavy atom. The molecule has 0 atom stereocenters. The largest absolute Gasteiger partial charge is 0.497 e. The zero-order chi connectivity index (χ0) is 17.1. The fraction of sp³-hybridized carbons (Fsp3) is 0.278. The maximum Gasteiger partial charge on any atom is 0.322 e. The normalized spacial score (nSPS) is 13.6. The second-order valence-corrected chi connectivity index (χ2v) is 5.66. The molecule has 2 aromatic carbocycles. The summed E-state index contributed by atoms with van der Waals surface area (Å²) in [4.78, 5) is 14.1. The van der Waals surface area contributed by atoms with Crippen LogP contribution < -0.4 is 10.1 Å². The molecule has 1 N–H and O–H groups in total. The molecular formula is C18H18F2N2O2. The summed E-state index contributed by atoms with van der Waals surface area (Å²) in [6, 6.07) is 11.3. The van der Waals surface area contributed by atoms with E-state index >= 15 is 0 Å². The van der Waals surface area contributed by atoms with Crippen molar-refractivity contribution in [2.75, 3.05) is 19.0 Å². The van der Waals surface area contributed by atoms with Crippen molar-refractivity contribution in [3.05, 3.63) is 59.2 Å². The van der Waals surface area contributed by atoms with Crippen LogP contribution in [0.3, 0.4) is 0 Å². The topological polar surface area (TPSA) is 41.6 Å². The maximum atomic E-state index is 12.7. The van der Waals surface area contributed by atoms with E-state index in [1.54, 1.807) is 18.1 Å². The zero-order valence-electron chi connectivity index (χ0n) is 13.3. The fourth-order valence-electron chi connectivity index (χ4n) is 2.79. The van der Waals surface area contributed by atoms with Crippen molar-refractivity contribution >= 4 is 11.7 Å². The first-order chi connectivity index (χ1) is 11.6. The summed E-state index contributed by atoms with van der Waals surface area (Å²) in [5, 5.41) is 2.69. The molecule has 1 aliphatic heterocycles. The number of methoxy groups -OCH3 is 1. The molecule has 2 aromatic rings. The highest BCUT2D eigenvalue weighted by atomic mass is 19.3. The molecule has 6 heteroatoms. The predicted molar refractivity (Wildman–Crippen MR) is 87.5 cm³/mol. The fourth-order valence-corrected chi connectivity index (χ4v) is 2.79. The van der Waals surface area contributed by atoms with Crippen LogP contribution in [-0.2, 0) is 13.0 Å². The molecule has 0 unspecified atom stereocenters. The van der Waals surface area contributed by atoms with Crippen molar-refractivity contribution in [3.8, 4) is 5.75 Å². The Morgan fingerprint density at radius 3 is 2.79 bits per heavy atom. The molecule has 3 rings (SSSR count). The van der Waals surface area contributed by atoms with E-state index < -0.39 is 6.43 Å². The van der Waals surface area contributed by atoms with E-state index in [2.05, 4.69) is 5.32 Å². The lowest BCUT2D eigenvalue weighted by Crippen LogP contribution is -2.38. The molecule has 4 nitrogen and oxygen atoms in total. The van der Waals surface area contributed by atoms with E-state index in [-0.39, 0.29) is 11.6 Å². The van der Waals surface area contributed by atoms with Gasteiger partial charge in [-0.3, -0.25) is 0 Å². The van der Waals surface area contributed by atoms with E-state index in [4.69, 9.17) is 4.74 Å². The molecule has 24 heavy (non-hydrogen) atoms. The number of halogens is 2. The van der Waals surface area contributed by atoms with E-state index in [9.17, 15) is 13.6 Å². The molecule has 2 amide bonds. The van der Waals surface area contributed by atoms with E-state index in [0.717, 1.165) is 17.7 Å². The monoisotopic (exact) mass is 332 g/mol. The molecule has 0 spiro atoms. The summed E-state index contributed by atoms with van der Waals surface area (Å²) >= 11 is 0. The number of ether oxygens (including phenoxy) is 1. The van der Waals surface area contributed by atoms with Crippen LogP contribution in [-0.4, -0.2) is 24.6 Å². The van der Waals surface area contributed by atoms with Gasteiger partial charge in [0.2, 0.25) is 0 Å². The van der Waals surface area contributed by atoms with Crippen LogP contribution in [0.5, 0.6) is 5.75 Å². The maximum absolute atomic E-state index is 12.7. The molecule has 1 heterocycles. The van der Waals surface area contributed by atoms with Gasteiger partial charge in [0.05, 0.1) is 7.11 Å². The van der Waals surface area contributed by atoms with Crippen molar-refractivity contribution in [3.63, 3.8) is 0 Å². The molecule has 0 bridgehead atoms. The number of anilines is 1. The van der Waals surface area contributed by atoms with Gasteiger partial charge < -0.3 is 15.0 Å². The third-order valence-corrected chi connectivity index (χ3v) is 4.10. The number of hydrogen-bond donors (Lipinski definition) is 1. The predicted octanol–water partition coefficient (Wildman–Crippen LogP) is 4.22. The van der Waals surface area contributed by atoms with Crippen LogP contribution in [0.4, 0.5) is 19.3 Å². The highest BCUT2D eigenvalue weighted by Gasteiger charge is 2.21.